The molecule has 0 aliphatic heterocycles. The number of carbonyl (C=O) groups is 1. The van der Waals surface area contributed by atoms with Crippen molar-refractivity contribution in [3.8, 4) is 23.0 Å². The fourth-order valence-electron chi connectivity index (χ4n) is 2.79. The van der Waals surface area contributed by atoms with Crippen molar-refractivity contribution in [2.24, 2.45) is 0 Å². The first-order valence-corrected chi connectivity index (χ1v) is 8.47. The van der Waals surface area contributed by atoms with E-state index in [9.17, 15) is 4.79 Å². The number of nitrogens with one attached hydrogen (secondary N) is 1. The number of hydrogen-bond acceptors (Lipinski definition) is 7. The molecule has 0 aliphatic carbocycles. The van der Waals surface area contributed by atoms with Gasteiger partial charge in [-0.2, -0.15) is 5.10 Å². The van der Waals surface area contributed by atoms with Crippen molar-refractivity contribution in [3.63, 3.8) is 0 Å². The van der Waals surface area contributed by atoms with E-state index in [2.05, 4.69) is 15.4 Å². The number of ether oxygens (including phenoxy) is 1. The number of H-pyrrole nitrogens is 1. The smallest absolute Gasteiger partial charge is 0.356 e. The van der Waals surface area contributed by atoms with Crippen molar-refractivity contribution in [3.05, 3.63) is 72.2 Å². The summed E-state index contributed by atoms with van der Waals surface area (Å²) < 4.78 is 21.5. The van der Waals surface area contributed by atoms with Crippen molar-refractivity contribution >= 4 is 16.9 Å². The molecule has 0 saturated carbocycles. The van der Waals surface area contributed by atoms with Crippen molar-refractivity contribution in [1.82, 2.24) is 15.4 Å². The van der Waals surface area contributed by atoms with Crippen molar-refractivity contribution < 1.29 is 22.9 Å². The number of rotatable bonds is 5. The third-order valence-corrected chi connectivity index (χ3v) is 4.15. The zero-order valence-electron chi connectivity index (χ0n) is 14.4. The van der Waals surface area contributed by atoms with Crippen LogP contribution in [0.1, 0.15) is 16.2 Å². The minimum Gasteiger partial charge on any atom is -0.463 e. The third kappa shape index (κ3) is 2.96. The molecule has 0 spiro atoms. The molecule has 138 valence electrons. The predicted molar refractivity (Wildman–Crippen MR) is 97.1 cm³/mol. The maximum Gasteiger partial charge on any atom is 0.356 e. The molecule has 8 heteroatoms. The van der Waals surface area contributed by atoms with Gasteiger partial charge in [0.15, 0.2) is 11.5 Å². The number of furan rings is 2. The number of fused-ring (bicyclic) bond motifs is 1. The molecular weight excluding hydrogens is 362 g/mol. The topological polar surface area (TPSA) is 107 Å². The number of aromatic nitrogens is 3. The number of para-hydroxylation sites is 1. The fraction of sp³-hybridized carbons (Fsp3) is 0.0500. The second-order valence-electron chi connectivity index (χ2n) is 6.05. The van der Waals surface area contributed by atoms with Gasteiger partial charge >= 0.3 is 5.97 Å². The van der Waals surface area contributed by atoms with Crippen LogP contribution >= 0.6 is 0 Å². The Morgan fingerprint density at radius 2 is 1.96 bits per heavy atom. The molecule has 4 aromatic heterocycles. The van der Waals surface area contributed by atoms with Crippen molar-refractivity contribution in [2.45, 2.75) is 6.61 Å². The molecule has 0 saturated heterocycles. The van der Waals surface area contributed by atoms with E-state index in [0.29, 0.717) is 28.7 Å². The van der Waals surface area contributed by atoms with Crippen LogP contribution in [-0.2, 0) is 11.3 Å². The highest BCUT2D eigenvalue weighted by atomic mass is 16.5. The molecule has 0 aliphatic rings. The van der Waals surface area contributed by atoms with Crippen LogP contribution < -0.4 is 0 Å². The van der Waals surface area contributed by atoms with Crippen LogP contribution in [0.15, 0.2) is 74.2 Å². The van der Waals surface area contributed by atoms with Crippen LogP contribution in [0.3, 0.4) is 0 Å². The lowest BCUT2D eigenvalue weighted by molar-refractivity contribution is 0.0457. The van der Waals surface area contributed by atoms with Gasteiger partial charge in [0.1, 0.15) is 29.3 Å². The average Bonchev–Trinajstić information content (AvgIpc) is 3.51. The Balaban J connectivity index is 1.26. The Morgan fingerprint density at radius 3 is 2.82 bits per heavy atom. The van der Waals surface area contributed by atoms with E-state index in [0.717, 1.165) is 11.0 Å². The van der Waals surface area contributed by atoms with Crippen LogP contribution in [0.5, 0.6) is 0 Å². The van der Waals surface area contributed by atoms with E-state index in [4.69, 9.17) is 18.1 Å². The van der Waals surface area contributed by atoms with Gasteiger partial charge in [-0.1, -0.05) is 23.4 Å². The molecular formula is C20H13N3O5. The Bertz CT molecular complexity index is 1210. The van der Waals surface area contributed by atoms with Crippen LogP contribution in [0, 0.1) is 0 Å². The van der Waals surface area contributed by atoms with Crippen LogP contribution in [-0.4, -0.2) is 21.3 Å². The van der Waals surface area contributed by atoms with Crippen molar-refractivity contribution in [1.29, 1.82) is 0 Å². The molecule has 1 aromatic carbocycles. The SMILES string of the molecule is O=C(OCc1cc(-c2cc3ccccc3o2)on1)c1cc(-c2ccco2)n[nH]1. The number of aromatic amines is 1. The number of carbonyl (C=O) groups excluding carboxylic acids is 1. The highest BCUT2D eigenvalue weighted by Crippen LogP contribution is 2.28. The summed E-state index contributed by atoms with van der Waals surface area (Å²) in [6.45, 7) is -0.0440. The zero-order valence-corrected chi connectivity index (χ0v) is 14.4. The molecule has 8 nitrogen and oxygen atoms in total. The van der Waals surface area contributed by atoms with Crippen LogP contribution in [0.4, 0.5) is 0 Å². The molecule has 5 rings (SSSR count). The molecule has 0 unspecified atom stereocenters. The number of esters is 1. The fourth-order valence-corrected chi connectivity index (χ4v) is 2.79. The zero-order chi connectivity index (χ0) is 18.9. The number of hydrogen-bond donors (Lipinski definition) is 1. The monoisotopic (exact) mass is 375 g/mol. The molecule has 0 bridgehead atoms. The summed E-state index contributed by atoms with van der Waals surface area (Å²) in [5, 5.41) is 11.6. The van der Waals surface area contributed by atoms with Crippen LogP contribution in [0.2, 0.25) is 0 Å². The third-order valence-electron chi connectivity index (χ3n) is 4.15. The lowest BCUT2D eigenvalue weighted by atomic mass is 10.2. The van der Waals surface area contributed by atoms with E-state index in [1.807, 2.05) is 30.3 Å². The minimum absolute atomic E-state index is 0.0440. The number of benzene rings is 1. The molecule has 0 radical (unpaired) electrons. The quantitative estimate of drug-likeness (QED) is 0.453. The van der Waals surface area contributed by atoms with E-state index >= 15 is 0 Å². The predicted octanol–water partition coefficient (Wildman–Crippen LogP) is 4.43. The molecule has 0 fully saturated rings. The van der Waals surface area contributed by atoms with Gasteiger partial charge in [0, 0.05) is 17.5 Å². The van der Waals surface area contributed by atoms with Gasteiger partial charge in [0.25, 0.3) is 0 Å². The molecule has 5 aromatic rings. The summed E-state index contributed by atoms with van der Waals surface area (Å²) in [6, 6.07) is 16.2. The summed E-state index contributed by atoms with van der Waals surface area (Å²) in [7, 11) is 0. The second kappa shape index (κ2) is 6.58. The maximum atomic E-state index is 12.2. The Morgan fingerprint density at radius 1 is 1.04 bits per heavy atom. The van der Waals surface area contributed by atoms with Gasteiger partial charge in [-0.05, 0) is 24.3 Å². The summed E-state index contributed by atoms with van der Waals surface area (Å²) in [4.78, 5) is 12.2. The molecule has 28 heavy (non-hydrogen) atoms. The highest BCUT2D eigenvalue weighted by molar-refractivity contribution is 5.88. The largest absolute Gasteiger partial charge is 0.463 e. The van der Waals surface area contributed by atoms with Crippen molar-refractivity contribution in [2.75, 3.05) is 0 Å². The van der Waals surface area contributed by atoms with Gasteiger partial charge < -0.3 is 18.1 Å². The lowest BCUT2D eigenvalue weighted by Crippen LogP contribution is -2.05. The van der Waals surface area contributed by atoms with E-state index in [1.165, 1.54) is 6.26 Å². The standard InChI is InChI=1S/C20H13N3O5/c24-20(15-10-14(21-22-15)17-6-3-7-25-17)26-11-13-9-19(28-23-13)18-8-12-4-1-2-5-16(12)27-18/h1-10H,11H2,(H,21,22). The Hall–Kier alpha value is -4.07. The minimum atomic E-state index is -0.557. The summed E-state index contributed by atoms with van der Waals surface area (Å²) >= 11 is 0. The Kier molecular flexibility index (Phi) is 3.79. The number of nitrogens with zero attached hydrogens (tertiary/aromatic N) is 2. The average molecular weight is 375 g/mol. The maximum absolute atomic E-state index is 12.2. The van der Waals surface area contributed by atoms with E-state index < -0.39 is 5.97 Å². The first-order valence-electron chi connectivity index (χ1n) is 8.47. The summed E-state index contributed by atoms with van der Waals surface area (Å²) in [5.41, 5.74) is 1.96. The van der Waals surface area contributed by atoms with Gasteiger partial charge in [0.05, 0.1) is 6.26 Å². The Labute approximate surface area is 157 Å². The first kappa shape index (κ1) is 16.1. The van der Waals surface area contributed by atoms with Gasteiger partial charge in [0.2, 0.25) is 5.76 Å². The van der Waals surface area contributed by atoms with Gasteiger partial charge in [-0.25, -0.2) is 4.79 Å². The first-order chi connectivity index (χ1) is 13.8. The van der Waals surface area contributed by atoms with E-state index in [1.54, 1.807) is 24.3 Å². The second-order valence-corrected chi connectivity index (χ2v) is 6.05. The normalized spacial score (nSPS) is 11.1. The van der Waals surface area contributed by atoms with Crippen LogP contribution in [0.25, 0.3) is 33.9 Å². The summed E-state index contributed by atoms with van der Waals surface area (Å²) in [5.74, 6) is 1.02. The molecule has 4 heterocycles. The molecule has 0 amide bonds. The molecule has 0 atom stereocenters. The van der Waals surface area contributed by atoms with Gasteiger partial charge in [-0.15, -0.1) is 0 Å². The lowest BCUT2D eigenvalue weighted by Gasteiger charge is -1.98. The molecule has 1 N–H and O–H groups in total. The van der Waals surface area contributed by atoms with Gasteiger partial charge in [-0.3, -0.25) is 5.10 Å². The highest BCUT2D eigenvalue weighted by Gasteiger charge is 2.16. The summed E-state index contributed by atoms with van der Waals surface area (Å²) in [6.07, 6.45) is 1.53. The van der Waals surface area contributed by atoms with E-state index in [-0.39, 0.29) is 12.3 Å².